The lowest BCUT2D eigenvalue weighted by Crippen LogP contribution is -2.51. The van der Waals surface area contributed by atoms with Crippen LogP contribution in [0, 0.1) is 6.92 Å². The summed E-state index contributed by atoms with van der Waals surface area (Å²) in [5.41, 5.74) is 0. The highest BCUT2D eigenvalue weighted by Crippen LogP contribution is 2.09. The minimum Gasteiger partial charge on any atom is -0.464 e. The zero-order valence-electron chi connectivity index (χ0n) is 12.0. The number of nitrogens with zero attached hydrogens (tertiary/aromatic N) is 2. The SMILES string of the molecule is Cc1ccc(CN(C)C(=O)CN2CCNC(C)C2)o1. The van der Waals surface area contributed by atoms with Crippen molar-refractivity contribution in [2.24, 2.45) is 0 Å². The van der Waals surface area contributed by atoms with Crippen LogP contribution in [-0.2, 0) is 11.3 Å². The summed E-state index contributed by atoms with van der Waals surface area (Å²) in [6.07, 6.45) is 0. The second-order valence-corrected chi connectivity index (χ2v) is 5.35. The number of hydrogen-bond donors (Lipinski definition) is 1. The zero-order chi connectivity index (χ0) is 13.8. The third-order valence-corrected chi connectivity index (χ3v) is 3.43. The van der Waals surface area contributed by atoms with Crippen molar-refractivity contribution in [3.8, 4) is 0 Å². The molecule has 0 aromatic carbocycles. The van der Waals surface area contributed by atoms with Gasteiger partial charge in [-0.05, 0) is 26.0 Å². The van der Waals surface area contributed by atoms with Gasteiger partial charge in [0.1, 0.15) is 11.5 Å². The lowest BCUT2D eigenvalue weighted by molar-refractivity contribution is -0.132. The van der Waals surface area contributed by atoms with Crippen LogP contribution in [0.25, 0.3) is 0 Å². The van der Waals surface area contributed by atoms with Crippen molar-refractivity contribution >= 4 is 5.91 Å². The Kier molecular flexibility index (Phi) is 4.61. The smallest absolute Gasteiger partial charge is 0.236 e. The molecule has 1 aromatic heterocycles. The normalized spacial score (nSPS) is 20.5. The highest BCUT2D eigenvalue weighted by molar-refractivity contribution is 5.77. The van der Waals surface area contributed by atoms with E-state index in [1.807, 2.05) is 26.1 Å². The fraction of sp³-hybridized carbons (Fsp3) is 0.643. The molecule has 1 amide bonds. The van der Waals surface area contributed by atoms with Crippen LogP contribution < -0.4 is 5.32 Å². The first kappa shape index (κ1) is 14.1. The summed E-state index contributed by atoms with van der Waals surface area (Å²) in [6.45, 7) is 7.90. The Bertz CT molecular complexity index is 430. The number of piperazine rings is 1. The van der Waals surface area contributed by atoms with Gasteiger partial charge in [-0.2, -0.15) is 0 Å². The number of nitrogens with one attached hydrogen (secondary N) is 1. The molecule has 0 radical (unpaired) electrons. The predicted molar refractivity (Wildman–Crippen MR) is 73.8 cm³/mol. The Hall–Kier alpha value is -1.33. The number of likely N-dealkylation sites (N-methyl/N-ethyl adjacent to an activating group) is 1. The first-order valence-corrected chi connectivity index (χ1v) is 6.79. The van der Waals surface area contributed by atoms with E-state index in [1.165, 1.54) is 0 Å². The van der Waals surface area contributed by atoms with Crippen molar-refractivity contribution in [2.75, 3.05) is 33.2 Å². The summed E-state index contributed by atoms with van der Waals surface area (Å²) in [5.74, 6) is 1.86. The second kappa shape index (κ2) is 6.21. The molecule has 5 heteroatoms. The summed E-state index contributed by atoms with van der Waals surface area (Å²) < 4.78 is 5.49. The van der Waals surface area contributed by atoms with Gasteiger partial charge in [-0.15, -0.1) is 0 Å². The molecule has 5 nitrogen and oxygen atoms in total. The number of rotatable bonds is 4. The van der Waals surface area contributed by atoms with Gasteiger partial charge in [-0.3, -0.25) is 9.69 Å². The monoisotopic (exact) mass is 265 g/mol. The van der Waals surface area contributed by atoms with E-state index < -0.39 is 0 Å². The van der Waals surface area contributed by atoms with Crippen LogP contribution in [0.1, 0.15) is 18.4 Å². The summed E-state index contributed by atoms with van der Waals surface area (Å²) >= 11 is 0. The lowest BCUT2D eigenvalue weighted by Gasteiger charge is -2.32. The Morgan fingerprint density at radius 1 is 1.58 bits per heavy atom. The van der Waals surface area contributed by atoms with E-state index in [-0.39, 0.29) is 5.91 Å². The van der Waals surface area contributed by atoms with E-state index in [0.29, 0.717) is 19.1 Å². The van der Waals surface area contributed by atoms with E-state index in [4.69, 9.17) is 4.42 Å². The lowest BCUT2D eigenvalue weighted by atomic mass is 10.2. The van der Waals surface area contributed by atoms with E-state index in [9.17, 15) is 4.79 Å². The second-order valence-electron chi connectivity index (χ2n) is 5.35. The van der Waals surface area contributed by atoms with Crippen LogP contribution in [0.4, 0.5) is 0 Å². The van der Waals surface area contributed by atoms with Gasteiger partial charge in [0.2, 0.25) is 5.91 Å². The molecule has 1 saturated heterocycles. The molecule has 0 aliphatic carbocycles. The minimum absolute atomic E-state index is 0.142. The third-order valence-electron chi connectivity index (χ3n) is 3.43. The fourth-order valence-corrected chi connectivity index (χ4v) is 2.36. The van der Waals surface area contributed by atoms with Crippen molar-refractivity contribution in [3.63, 3.8) is 0 Å². The van der Waals surface area contributed by atoms with Gasteiger partial charge in [0, 0.05) is 32.7 Å². The Labute approximate surface area is 114 Å². The molecule has 106 valence electrons. The molecule has 1 fully saturated rings. The van der Waals surface area contributed by atoms with Crippen molar-refractivity contribution in [3.05, 3.63) is 23.7 Å². The van der Waals surface area contributed by atoms with Crippen molar-refractivity contribution in [2.45, 2.75) is 26.4 Å². The third kappa shape index (κ3) is 4.08. The maximum atomic E-state index is 12.2. The molecule has 1 aromatic rings. The molecule has 1 aliphatic heterocycles. The predicted octanol–water partition coefficient (Wildman–Crippen LogP) is 0.840. The van der Waals surface area contributed by atoms with E-state index in [0.717, 1.165) is 31.2 Å². The topological polar surface area (TPSA) is 48.7 Å². The molecular formula is C14H23N3O2. The van der Waals surface area contributed by atoms with E-state index in [2.05, 4.69) is 17.1 Å². The summed E-state index contributed by atoms with van der Waals surface area (Å²) in [5, 5.41) is 3.38. The minimum atomic E-state index is 0.142. The average Bonchev–Trinajstić information content (AvgIpc) is 2.74. The van der Waals surface area contributed by atoms with Crippen LogP contribution in [0.3, 0.4) is 0 Å². The van der Waals surface area contributed by atoms with Crippen LogP contribution in [0.15, 0.2) is 16.5 Å². The molecule has 1 N–H and O–H groups in total. The fourth-order valence-electron chi connectivity index (χ4n) is 2.36. The number of hydrogen-bond acceptors (Lipinski definition) is 4. The van der Waals surface area contributed by atoms with Crippen molar-refractivity contribution in [1.29, 1.82) is 0 Å². The molecule has 19 heavy (non-hydrogen) atoms. The summed E-state index contributed by atoms with van der Waals surface area (Å²) in [4.78, 5) is 16.1. The van der Waals surface area contributed by atoms with Gasteiger partial charge in [-0.1, -0.05) is 0 Å². The van der Waals surface area contributed by atoms with Gasteiger partial charge < -0.3 is 14.6 Å². The van der Waals surface area contributed by atoms with E-state index in [1.54, 1.807) is 4.90 Å². The maximum absolute atomic E-state index is 12.2. The molecule has 1 unspecified atom stereocenters. The quantitative estimate of drug-likeness (QED) is 0.876. The van der Waals surface area contributed by atoms with Gasteiger partial charge >= 0.3 is 0 Å². The zero-order valence-corrected chi connectivity index (χ0v) is 12.0. The average molecular weight is 265 g/mol. The molecule has 0 bridgehead atoms. The number of furan rings is 1. The van der Waals surface area contributed by atoms with Crippen LogP contribution in [-0.4, -0.2) is 55.0 Å². The molecule has 2 heterocycles. The molecular weight excluding hydrogens is 242 g/mol. The number of amides is 1. The molecule has 0 spiro atoms. The summed E-state index contributed by atoms with van der Waals surface area (Å²) in [7, 11) is 1.83. The highest BCUT2D eigenvalue weighted by atomic mass is 16.3. The largest absolute Gasteiger partial charge is 0.464 e. The van der Waals surface area contributed by atoms with E-state index >= 15 is 0 Å². The Balaban J connectivity index is 1.81. The van der Waals surface area contributed by atoms with Gasteiger partial charge in [0.15, 0.2) is 0 Å². The van der Waals surface area contributed by atoms with Crippen LogP contribution >= 0.6 is 0 Å². The van der Waals surface area contributed by atoms with Crippen molar-refractivity contribution in [1.82, 2.24) is 15.1 Å². The van der Waals surface area contributed by atoms with Gasteiger partial charge in [0.05, 0.1) is 13.1 Å². The summed E-state index contributed by atoms with van der Waals surface area (Å²) in [6, 6.07) is 4.30. The van der Waals surface area contributed by atoms with Gasteiger partial charge in [-0.25, -0.2) is 0 Å². The number of carbonyl (C=O) groups excluding carboxylic acids is 1. The Morgan fingerprint density at radius 2 is 2.37 bits per heavy atom. The standard InChI is InChI=1S/C14H23N3O2/c1-11-8-17(7-6-15-11)10-14(18)16(3)9-13-5-4-12(2)19-13/h4-5,11,15H,6-10H2,1-3H3. The first-order chi connectivity index (χ1) is 9.04. The number of carbonyl (C=O) groups is 1. The Morgan fingerprint density at radius 3 is 3.00 bits per heavy atom. The first-order valence-electron chi connectivity index (χ1n) is 6.79. The molecule has 1 atom stereocenters. The molecule has 0 saturated carbocycles. The maximum Gasteiger partial charge on any atom is 0.236 e. The molecule has 1 aliphatic rings. The van der Waals surface area contributed by atoms with Crippen LogP contribution in [0.2, 0.25) is 0 Å². The van der Waals surface area contributed by atoms with Crippen LogP contribution in [0.5, 0.6) is 0 Å². The molecule has 2 rings (SSSR count). The highest BCUT2D eigenvalue weighted by Gasteiger charge is 2.20. The van der Waals surface area contributed by atoms with Gasteiger partial charge in [0.25, 0.3) is 0 Å². The number of aryl methyl sites for hydroxylation is 1. The van der Waals surface area contributed by atoms with Crippen molar-refractivity contribution < 1.29 is 9.21 Å².